The van der Waals surface area contributed by atoms with Crippen LogP contribution in [0.5, 0.6) is 0 Å². The standard InChI is InChI=1S/C20H24N2O/c1-12-5-16-17(21-12)3-2-4-18(16)22-19(23)20-9-13-6-14(10-20)8-15(7-13)11-20/h2-5,13-15,21H,6-11H2,1H3,(H,22,23). The molecule has 0 unspecified atom stereocenters. The Morgan fingerprint density at radius 2 is 1.78 bits per heavy atom. The summed E-state index contributed by atoms with van der Waals surface area (Å²) in [5.74, 6) is 2.69. The highest BCUT2D eigenvalue weighted by Crippen LogP contribution is 2.60. The zero-order valence-electron chi connectivity index (χ0n) is 13.7. The Morgan fingerprint density at radius 3 is 2.43 bits per heavy atom. The first-order valence-corrected chi connectivity index (χ1v) is 9.01. The van der Waals surface area contributed by atoms with Crippen molar-refractivity contribution >= 4 is 22.5 Å². The first kappa shape index (κ1) is 13.6. The van der Waals surface area contributed by atoms with Crippen molar-refractivity contribution in [2.45, 2.75) is 45.4 Å². The van der Waals surface area contributed by atoms with Crippen LogP contribution in [-0.4, -0.2) is 10.9 Å². The van der Waals surface area contributed by atoms with Crippen LogP contribution in [0.2, 0.25) is 0 Å². The molecule has 3 heteroatoms. The summed E-state index contributed by atoms with van der Waals surface area (Å²) in [5.41, 5.74) is 3.12. The third-order valence-corrected chi connectivity index (χ3v) is 6.57. The van der Waals surface area contributed by atoms with Gasteiger partial charge in [-0.25, -0.2) is 0 Å². The van der Waals surface area contributed by atoms with Gasteiger partial charge in [-0.05, 0) is 81.4 Å². The van der Waals surface area contributed by atoms with Gasteiger partial charge >= 0.3 is 0 Å². The first-order valence-electron chi connectivity index (χ1n) is 9.01. The van der Waals surface area contributed by atoms with Gasteiger partial charge in [-0.15, -0.1) is 0 Å². The summed E-state index contributed by atoms with van der Waals surface area (Å²) in [4.78, 5) is 16.6. The number of amides is 1. The lowest BCUT2D eigenvalue weighted by molar-refractivity contribution is -0.140. The fourth-order valence-electron chi connectivity index (χ4n) is 6.05. The number of rotatable bonds is 2. The molecule has 1 amide bonds. The van der Waals surface area contributed by atoms with E-state index in [4.69, 9.17) is 0 Å². The fraction of sp³-hybridized carbons (Fsp3) is 0.550. The molecule has 4 bridgehead atoms. The average molecular weight is 308 g/mol. The number of nitrogens with one attached hydrogen (secondary N) is 2. The van der Waals surface area contributed by atoms with Crippen LogP contribution in [0.1, 0.15) is 44.2 Å². The van der Waals surface area contributed by atoms with Gasteiger partial charge in [0.15, 0.2) is 0 Å². The zero-order valence-corrected chi connectivity index (χ0v) is 13.7. The summed E-state index contributed by atoms with van der Waals surface area (Å²) >= 11 is 0. The number of anilines is 1. The molecule has 0 radical (unpaired) electrons. The molecule has 4 aliphatic rings. The molecular formula is C20H24N2O. The van der Waals surface area contributed by atoms with Gasteiger partial charge in [0.05, 0.1) is 11.1 Å². The first-order chi connectivity index (χ1) is 11.1. The lowest BCUT2D eigenvalue weighted by Gasteiger charge is -2.55. The second-order valence-corrected chi connectivity index (χ2v) is 8.37. The molecule has 1 heterocycles. The van der Waals surface area contributed by atoms with Crippen molar-refractivity contribution in [2.75, 3.05) is 5.32 Å². The molecule has 120 valence electrons. The van der Waals surface area contributed by atoms with E-state index in [9.17, 15) is 4.79 Å². The average Bonchev–Trinajstić information content (AvgIpc) is 2.87. The van der Waals surface area contributed by atoms with Crippen LogP contribution in [-0.2, 0) is 4.79 Å². The van der Waals surface area contributed by atoms with Crippen LogP contribution in [0.3, 0.4) is 0 Å². The maximum absolute atomic E-state index is 13.2. The molecule has 4 saturated carbocycles. The molecule has 0 atom stereocenters. The smallest absolute Gasteiger partial charge is 0.230 e. The van der Waals surface area contributed by atoms with Crippen LogP contribution >= 0.6 is 0 Å². The molecule has 4 fully saturated rings. The number of carbonyl (C=O) groups excluding carboxylic acids is 1. The number of aryl methyl sites for hydroxylation is 1. The highest BCUT2D eigenvalue weighted by atomic mass is 16.2. The number of hydrogen-bond acceptors (Lipinski definition) is 1. The Balaban J connectivity index is 1.47. The van der Waals surface area contributed by atoms with E-state index in [0.29, 0.717) is 0 Å². The third-order valence-electron chi connectivity index (χ3n) is 6.57. The molecule has 6 rings (SSSR count). The summed E-state index contributed by atoms with van der Waals surface area (Å²) in [6, 6.07) is 8.26. The van der Waals surface area contributed by atoms with Crippen LogP contribution < -0.4 is 5.32 Å². The van der Waals surface area contributed by atoms with Crippen LogP contribution in [0.15, 0.2) is 24.3 Å². The summed E-state index contributed by atoms with van der Waals surface area (Å²) in [6.07, 6.45) is 7.48. The van der Waals surface area contributed by atoms with E-state index in [1.54, 1.807) is 0 Å². The number of fused-ring (bicyclic) bond motifs is 1. The van der Waals surface area contributed by atoms with E-state index in [-0.39, 0.29) is 11.3 Å². The number of benzene rings is 1. The normalized spacial score (nSPS) is 34.9. The van der Waals surface area contributed by atoms with Crippen molar-refractivity contribution < 1.29 is 4.79 Å². The highest BCUT2D eigenvalue weighted by Gasteiger charge is 2.54. The molecule has 4 aliphatic carbocycles. The van der Waals surface area contributed by atoms with Crippen molar-refractivity contribution in [3.05, 3.63) is 30.0 Å². The number of carbonyl (C=O) groups is 1. The molecule has 1 aromatic heterocycles. The predicted molar refractivity (Wildman–Crippen MR) is 92.3 cm³/mol. The maximum Gasteiger partial charge on any atom is 0.230 e. The Kier molecular flexibility index (Phi) is 2.74. The predicted octanol–water partition coefficient (Wildman–Crippen LogP) is 4.63. The van der Waals surface area contributed by atoms with Crippen LogP contribution in [0.25, 0.3) is 10.9 Å². The minimum Gasteiger partial charge on any atom is -0.359 e. The van der Waals surface area contributed by atoms with Crippen LogP contribution in [0.4, 0.5) is 5.69 Å². The molecule has 0 aliphatic heterocycles. The van der Waals surface area contributed by atoms with Crippen molar-refractivity contribution in [3.63, 3.8) is 0 Å². The Labute approximate surface area is 136 Å². The summed E-state index contributed by atoms with van der Waals surface area (Å²) in [6.45, 7) is 2.06. The highest BCUT2D eigenvalue weighted by molar-refractivity contribution is 6.03. The number of H-pyrrole nitrogens is 1. The molecule has 0 spiro atoms. The Hall–Kier alpha value is -1.77. The minimum absolute atomic E-state index is 0.0811. The Bertz CT molecular complexity index is 753. The van der Waals surface area contributed by atoms with Gasteiger partial charge in [0.25, 0.3) is 0 Å². The van der Waals surface area contributed by atoms with E-state index < -0.39 is 0 Å². The van der Waals surface area contributed by atoms with Gasteiger partial charge in [0, 0.05) is 16.6 Å². The Morgan fingerprint density at radius 1 is 1.13 bits per heavy atom. The van der Waals surface area contributed by atoms with Crippen molar-refractivity contribution in [2.24, 2.45) is 23.2 Å². The van der Waals surface area contributed by atoms with Crippen LogP contribution in [0, 0.1) is 30.1 Å². The minimum atomic E-state index is -0.0811. The van der Waals surface area contributed by atoms with E-state index >= 15 is 0 Å². The van der Waals surface area contributed by atoms with Crippen molar-refractivity contribution in [1.82, 2.24) is 4.98 Å². The SMILES string of the molecule is Cc1cc2c(NC(=O)C34CC5CC(CC(C5)C3)C4)cccc2[nH]1. The van der Waals surface area contributed by atoms with Gasteiger partial charge < -0.3 is 10.3 Å². The summed E-state index contributed by atoms with van der Waals surface area (Å²) in [5, 5.41) is 4.42. The van der Waals surface area contributed by atoms with E-state index in [1.807, 2.05) is 12.1 Å². The largest absolute Gasteiger partial charge is 0.359 e. The third kappa shape index (κ3) is 2.05. The molecule has 2 aromatic rings. The molecule has 2 N–H and O–H groups in total. The molecule has 23 heavy (non-hydrogen) atoms. The zero-order chi connectivity index (χ0) is 15.6. The van der Waals surface area contributed by atoms with E-state index in [2.05, 4.69) is 29.4 Å². The summed E-state index contributed by atoms with van der Waals surface area (Å²) < 4.78 is 0. The number of aromatic nitrogens is 1. The molecule has 3 nitrogen and oxygen atoms in total. The van der Waals surface area contributed by atoms with Gasteiger partial charge in [0.1, 0.15) is 0 Å². The molecule has 1 aromatic carbocycles. The molecule has 0 saturated heterocycles. The summed E-state index contributed by atoms with van der Waals surface area (Å²) in [7, 11) is 0. The van der Waals surface area contributed by atoms with E-state index in [0.717, 1.165) is 59.3 Å². The lowest BCUT2D eigenvalue weighted by atomic mass is 9.49. The topological polar surface area (TPSA) is 44.9 Å². The monoisotopic (exact) mass is 308 g/mol. The number of aromatic amines is 1. The fourth-order valence-corrected chi connectivity index (χ4v) is 6.05. The van der Waals surface area contributed by atoms with Crippen molar-refractivity contribution in [3.8, 4) is 0 Å². The molecular weight excluding hydrogens is 284 g/mol. The van der Waals surface area contributed by atoms with E-state index in [1.165, 1.54) is 19.3 Å². The van der Waals surface area contributed by atoms with Crippen molar-refractivity contribution in [1.29, 1.82) is 0 Å². The van der Waals surface area contributed by atoms with Gasteiger partial charge in [-0.2, -0.15) is 0 Å². The van der Waals surface area contributed by atoms with Gasteiger partial charge in [-0.1, -0.05) is 6.07 Å². The van der Waals surface area contributed by atoms with Gasteiger partial charge in [0.2, 0.25) is 5.91 Å². The van der Waals surface area contributed by atoms with Gasteiger partial charge in [-0.3, -0.25) is 4.79 Å². The quantitative estimate of drug-likeness (QED) is 0.834. The second kappa shape index (κ2) is 4.62. The second-order valence-electron chi connectivity index (χ2n) is 8.37. The lowest BCUT2D eigenvalue weighted by Crippen LogP contribution is -2.51. The maximum atomic E-state index is 13.2. The number of hydrogen-bond donors (Lipinski definition) is 2.